The molecule has 1 aromatic heterocycles. The number of anilines is 1. The largest absolute Gasteiger partial charge is 0.331 e. The number of carbonyl (C=O) groups is 2. The van der Waals surface area contributed by atoms with Crippen LogP contribution in [0.2, 0.25) is 0 Å². The molecule has 1 aliphatic rings. The van der Waals surface area contributed by atoms with Crippen LogP contribution in [0.5, 0.6) is 0 Å². The first-order chi connectivity index (χ1) is 14.0. The lowest BCUT2D eigenvalue weighted by Gasteiger charge is -2.17. The first kappa shape index (κ1) is 18.9. The molecule has 4 rings (SSSR count). The summed E-state index contributed by atoms with van der Waals surface area (Å²) >= 11 is 0. The minimum atomic E-state index is -0.379. The Kier molecular flexibility index (Phi) is 5.12. The molecule has 0 spiro atoms. The summed E-state index contributed by atoms with van der Waals surface area (Å²) in [6, 6.07) is 16.8. The summed E-state index contributed by atoms with van der Waals surface area (Å²) in [5.74, 6) is -0.627. The van der Waals surface area contributed by atoms with Gasteiger partial charge in [-0.3, -0.25) is 9.59 Å². The van der Waals surface area contributed by atoms with Gasteiger partial charge in [0.15, 0.2) is 0 Å². The molecule has 1 saturated carbocycles. The number of aromatic nitrogens is 2. The van der Waals surface area contributed by atoms with Crippen LogP contribution >= 0.6 is 0 Å². The number of hydrogen-bond donors (Lipinski definition) is 1. The van der Waals surface area contributed by atoms with E-state index in [1.165, 1.54) is 29.2 Å². The second-order valence-electron chi connectivity index (χ2n) is 7.19. The summed E-state index contributed by atoms with van der Waals surface area (Å²) in [6.45, 7) is -0.130. The lowest BCUT2D eigenvalue weighted by atomic mass is 10.2. The number of para-hydroxylation sites is 1. The van der Waals surface area contributed by atoms with Gasteiger partial charge in [0.05, 0.1) is 17.9 Å². The second kappa shape index (κ2) is 7.87. The molecule has 148 valence electrons. The Morgan fingerprint density at radius 1 is 1.14 bits per heavy atom. The standard InChI is InChI=1S/C22H21FN4O2/c1-26(14-21(28)24-17-11-9-16(23)10-12-17)22(29)20-13-19(15-7-8-15)25-27(20)18-5-3-2-4-6-18/h2-6,9-13,15H,7-8,14H2,1H3,(H,24,28). The first-order valence-electron chi connectivity index (χ1n) is 9.47. The normalized spacial score (nSPS) is 13.2. The van der Waals surface area contributed by atoms with Gasteiger partial charge in [-0.1, -0.05) is 18.2 Å². The van der Waals surface area contributed by atoms with Crippen molar-refractivity contribution in [1.82, 2.24) is 14.7 Å². The maximum atomic E-state index is 13.1. The van der Waals surface area contributed by atoms with E-state index < -0.39 is 0 Å². The fraction of sp³-hybridized carbons (Fsp3) is 0.227. The van der Waals surface area contributed by atoms with Crippen molar-refractivity contribution in [2.24, 2.45) is 0 Å². The van der Waals surface area contributed by atoms with Gasteiger partial charge in [-0.15, -0.1) is 0 Å². The number of benzene rings is 2. The topological polar surface area (TPSA) is 67.2 Å². The zero-order valence-corrected chi connectivity index (χ0v) is 16.0. The molecule has 0 bridgehead atoms. The SMILES string of the molecule is CN(CC(=O)Nc1ccc(F)cc1)C(=O)c1cc(C2CC2)nn1-c1ccccc1. The third-order valence-electron chi connectivity index (χ3n) is 4.80. The Hall–Kier alpha value is -3.48. The second-order valence-corrected chi connectivity index (χ2v) is 7.19. The maximum Gasteiger partial charge on any atom is 0.272 e. The summed E-state index contributed by atoms with van der Waals surface area (Å²) in [5.41, 5.74) is 2.60. The van der Waals surface area contributed by atoms with Crippen LogP contribution in [0.3, 0.4) is 0 Å². The summed E-state index contributed by atoms with van der Waals surface area (Å²) in [7, 11) is 1.58. The highest BCUT2D eigenvalue weighted by molar-refractivity contribution is 5.98. The molecule has 29 heavy (non-hydrogen) atoms. The number of hydrogen-bond acceptors (Lipinski definition) is 3. The fourth-order valence-corrected chi connectivity index (χ4v) is 3.11. The number of nitrogens with one attached hydrogen (secondary N) is 1. The van der Waals surface area contributed by atoms with E-state index >= 15 is 0 Å². The highest BCUT2D eigenvalue weighted by atomic mass is 19.1. The quantitative estimate of drug-likeness (QED) is 0.697. The van der Waals surface area contributed by atoms with Crippen LogP contribution in [-0.4, -0.2) is 40.1 Å². The number of rotatable bonds is 6. The molecule has 3 aromatic rings. The number of nitrogens with zero attached hydrogens (tertiary/aromatic N) is 3. The molecule has 0 saturated heterocycles. The molecule has 1 heterocycles. The predicted molar refractivity (Wildman–Crippen MR) is 108 cm³/mol. The van der Waals surface area contributed by atoms with Gasteiger partial charge in [0, 0.05) is 18.7 Å². The molecular weight excluding hydrogens is 371 g/mol. The highest BCUT2D eigenvalue weighted by Gasteiger charge is 2.30. The van der Waals surface area contributed by atoms with E-state index in [2.05, 4.69) is 10.4 Å². The van der Waals surface area contributed by atoms with Crippen molar-refractivity contribution in [3.8, 4) is 5.69 Å². The van der Waals surface area contributed by atoms with Crippen molar-refractivity contribution in [2.45, 2.75) is 18.8 Å². The Balaban J connectivity index is 1.51. The number of amides is 2. The Morgan fingerprint density at radius 3 is 2.48 bits per heavy atom. The van der Waals surface area contributed by atoms with Gasteiger partial charge in [0.2, 0.25) is 5.91 Å². The molecule has 0 radical (unpaired) electrons. The molecular formula is C22H21FN4O2. The van der Waals surface area contributed by atoms with E-state index in [0.29, 0.717) is 17.3 Å². The average molecular weight is 392 g/mol. The van der Waals surface area contributed by atoms with Gasteiger partial charge >= 0.3 is 0 Å². The molecule has 2 amide bonds. The van der Waals surface area contributed by atoms with Crippen molar-refractivity contribution in [3.63, 3.8) is 0 Å². The molecule has 1 N–H and O–H groups in total. The predicted octanol–water partition coefficient (Wildman–Crippen LogP) is 3.60. The third kappa shape index (κ3) is 4.34. The lowest BCUT2D eigenvalue weighted by Crippen LogP contribution is -2.35. The summed E-state index contributed by atoms with van der Waals surface area (Å²) < 4.78 is 14.6. The minimum Gasteiger partial charge on any atom is -0.331 e. The Bertz CT molecular complexity index is 1030. The van der Waals surface area contributed by atoms with E-state index in [1.807, 2.05) is 36.4 Å². The molecule has 0 aliphatic heterocycles. The van der Waals surface area contributed by atoms with Crippen LogP contribution in [0, 0.1) is 5.82 Å². The van der Waals surface area contributed by atoms with Crippen molar-refractivity contribution in [2.75, 3.05) is 18.9 Å². The molecule has 1 fully saturated rings. The molecule has 0 unspecified atom stereocenters. The third-order valence-corrected chi connectivity index (χ3v) is 4.80. The fourth-order valence-electron chi connectivity index (χ4n) is 3.11. The summed E-state index contributed by atoms with van der Waals surface area (Å²) in [5, 5.41) is 7.30. The van der Waals surface area contributed by atoms with Crippen LogP contribution in [0.1, 0.15) is 34.9 Å². The smallest absolute Gasteiger partial charge is 0.272 e. The van der Waals surface area contributed by atoms with Crippen molar-refractivity contribution < 1.29 is 14.0 Å². The molecule has 2 aromatic carbocycles. The van der Waals surface area contributed by atoms with E-state index in [9.17, 15) is 14.0 Å². The van der Waals surface area contributed by atoms with Gasteiger partial charge in [-0.25, -0.2) is 9.07 Å². The van der Waals surface area contributed by atoms with E-state index in [0.717, 1.165) is 24.2 Å². The maximum absolute atomic E-state index is 13.1. The number of halogens is 1. The van der Waals surface area contributed by atoms with E-state index in [4.69, 9.17) is 0 Å². The molecule has 0 atom stereocenters. The summed E-state index contributed by atoms with van der Waals surface area (Å²) in [4.78, 5) is 26.7. The van der Waals surface area contributed by atoms with Crippen LogP contribution in [0.15, 0.2) is 60.7 Å². The Morgan fingerprint density at radius 2 is 1.83 bits per heavy atom. The van der Waals surface area contributed by atoms with Gasteiger partial charge in [-0.05, 0) is 55.3 Å². The van der Waals surface area contributed by atoms with Gasteiger partial charge in [0.25, 0.3) is 5.91 Å². The summed E-state index contributed by atoms with van der Waals surface area (Å²) in [6.07, 6.45) is 2.16. The van der Waals surface area contributed by atoms with Crippen LogP contribution in [0.25, 0.3) is 5.69 Å². The lowest BCUT2D eigenvalue weighted by molar-refractivity contribution is -0.116. The van der Waals surface area contributed by atoms with E-state index in [-0.39, 0.29) is 24.2 Å². The monoisotopic (exact) mass is 392 g/mol. The van der Waals surface area contributed by atoms with Crippen LogP contribution in [-0.2, 0) is 4.79 Å². The number of likely N-dealkylation sites (N-methyl/N-ethyl adjacent to an activating group) is 1. The number of carbonyl (C=O) groups excluding carboxylic acids is 2. The van der Waals surface area contributed by atoms with Crippen molar-refractivity contribution in [1.29, 1.82) is 0 Å². The molecule has 1 aliphatic carbocycles. The molecule has 6 nitrogen and oxygen atoms in total. The molecule has 7 heteroatoms. The first-order valence-corrected chi connectivity index (χ1v) is 9.47. The van der Waals surface area contributed by atoms with Crippen LogP contribution in [0.4, 0.5) is 10.1 Å². The minimum absolute atomic E-state index is 0.130. The van der Waals surface area contributed by atoms with Crippen LogP contribution < -0.4 is 5.32 Å². The van der Waals surface area contributed by atoms with Crippen molar-refractivity contribution in [3.05, 3.63) is 77.9 Å². The van der Waals surface area contributed by atoms with Gasteiger partial charge in [-0.2, -0.15) is 5.10 Å². The Labute approximate surface area is 167 Å². The highest BCUT2D eigenvalue weighted by Crippen LogP contribution is 2.39. The average Bonchev–Trinajstić information content (AvgIpc) is 3.48. The van der Waals surface area contributed by atoms with Gasteiger partial charge < -0.3 is 10.2 Å². The zero-order chi connectivity index (χ0) is 20.4. The van der Waals surface area contributed by atoms with E-state index in [1.54, 1.807) is 11.7 Å². The van der Waals surface area contributed by atoms with Crippen molar-refractivity contribution >= 4 is 17.5 Å². The van der Waals surface area contributed by atoms with Gasteiger partial charge in [0.1, 0.15) is 11.5 Å². The zero-order valence-electron chi connectivity index (χ0n) is 16.0.